The van der Waals surface area contributed by atoms with Gasteiger partial charge in [-0.3, -0.25) is 14.4 Å². The van der Waals surface area contributed by atoms with Crippen LogP contribution in [0.15, 0.2) is 41.2 Å². The van der Waals surface area contributed by atoms with Crippen molar-refractivity contribution in [1.29, 1.82) is 0 Å². The van der Waals surface area contributed by atoms with Gasteiger partial charge in [0.1, 0.15) is 11.5 Å². The average molecular weight is 333 g/mol. The number of amides is 1. The van der Waals surface area contributed by atoms with E-state index in [0.717, 1.165) is 4.68 Å². The van der Waals surface area contributed by atoms with Crippen LogP contribution in [0.4, 0.5) is 4.39 Å². The first-order valence-corrected chi connectivity index (χ1v) is 7.14. The van der Waals surface area contributed by atoms with Gasteiger partial charge in [0.2, 0.25) is 0 Å². The molecule has 0 saturated heterocycles. The topological polar surface area (TPSA) is 92.5 Å². The molecular formula is C16H16FN3O4. The fourth-order valence-electron chi connectivity index (χ4n) is 2.06. The van der Waals surface area contributed by atoms with Crippen molar-refractivity contribution in [2.24, 2.45) is 5.92 Å². The Kier molecular flexibility index (Phi) is 5.08. The summed E-state index contributed by atoms with van der Waals surface area (Å²) in [7, 11) is 1.46. The fraction of sp³-hybridized carbons (Fsp3) is 0.250. The second-order valence-corrected chi connectivity index (χ2v) is 5.37. The Bertz CT molecular complexity index is 817. The molecule has 24 heavy (non-hydrogen) atoms. The third kappa shape index (κ3) is 3.83. The average Bonchev–Trinajstić information content (AvgIpc) is 2.55. The molecule has 0 spiro atoms. The van der Waals surface area contributed by atoms with Crippen molar-refractivity contribution in [3.63, 3.8) is 0 Å². The zero-order valence-corrected chi connectivity index (χ0v) is 13.1. The summed E-state index contributed by atoms with van der Waals surface area (Å²) in [5.74, 6) is -2.72. The summed E-state index contributed by atoms with van der Waals surface area (Å²) in [6.45, 7) is 1.49. The molecule has 1 amide bonds. The van der Waals surface area contributed by atoms with E-state index in [4.69, 9.17) is 5.11 Å². The number of benzene rings is 1. The van der Waals surface area contributed by atoms with Crippen molar-refractivity contribution < 1.29 is 19.1 Å². The summed E-state index contributed by atoms with van der Waals surface area (Å²) < 4.78 is 14.0. The van der Waals surface area contributed by atoms with E-state index in [2.05, 4.69) is 5.10 Å². The van der Waals surface area contributed by atoms with Crippen molar-refractivity contribution in [3.05, 3.63) is 58.3 Å². The van der Waals surface area contributed by atoms with Crippen LogP contribution >= 0.6 is 0 Å². The normalized spacial score (nSPS) is 11.8. The van der Waals surface area contributed by atoms with Crippen LogP contribution in [0.1, 0.15) is 17.4 Å². The van der Waals surface area contributed by atoms with E-state index in [9.17, 15) is 18.8 Å². The number of nitrogens with zero attached hydrogens (tertiary/aromatic N) is 3. The molecule has 1 heterocycles. The molecule has 1 aromatic carbocycles. The van der Waals surface area contributed by atoms with Crippen molar-refractivity contribution in [2.75, 3.05) is 13.6 Å². The highest BCUT2D eigenvalue weighted by Crippen LogP contribution is 2.07. The van der Waals surface area contributed by atoms with E-state index in [1.807, 2.05) is 0 Å². The van der Waals surface area contributed by atoms with Crippen LogP contribution < -0.4 is 5.56 Å². The number of rotatable bonds is 5. The smallest absolute Gasteiger partial charge is 0.308 e. The van der Waals surface area contributed by atoms with Crippen LogP contribution in [0, 0.1) is 11.7 Å². The molecule has 0 radical (unpaired) electrons. The van der Waals surface area contributed by atoms with Crippen LogP contribution in [0.5, 0.6) is 0 Å². The number of carboxylic acids is 1. The number of hydrogen-bond donors (Lipinski definition) is 1. The van der Waals surface area contributed by atoms with Crippen LogP contribution in [0.25, 0.3) is 5.69 Å². The van der Waals surface area contributed by atoms with Crippen LogP contribution in [0.3, 0.4) is 0 Å². The Morgan fingerprint density at radius 2 is 1.88 bits per heavy atom. The quantitative estimate of drug-likeness (QED) is 0.886. The summed E-state index contributed by atoms with van der Waals surface area (Å²) in [5, 5.41) is 12.9. The third-order valence-corrected chi connectivity index (χ3v) is 3.41. The molecule has 0 aliphatic rings. The molecule has 7 nitrogen and oxygen atoms in total. The van der Waals surface area contributed by atoms with Crippen LogP contribution in [-0.4, -0.2) is 45.3 Å². The first-order valence-electron chi connectivity index (χ1n) is 7.14. The Hall–Kier alpha value is -3.03. The second-order valence-electron chi connectivity index (χ2n) is 5.37. The molecule has 2 rings (SSSR count). The van der Waals surface area contributed by atoms with Gasteiger partial charge in [-0.25, -0.2) is 4.39 Å². The minimum absolute atomic E-state index is 0.00548. The van der Waals surface area contributed by atoms with Gasteiger partial charge in [0.25, 0.3) is 11.5 Å². The van der Waals surface area contributed by atoms with Crippen LogP contribution in [-0.2, 0) is 4.79 Å². The molecule has 126 valence electrons. The second kappa shape index (κ2) is 7.03. The number of carbonyl (C=O) groups excluding carboxylic acids is 1. The van der Waals surface area contributed by atoms with Crippen LogP contribution in [0.2, 0.25) is 0 Å². The Morgan fingerprint density at radius 1 is 1.25 bits per heavy atom. The Labute approximate surface area is 137 Å². The van der Waals surface area contributed by atoms with Gasteiger partial charge in [-0.1, -0.05) is 6.92 Å². The lowest BCUT2D eigenvalue weighted by Gasteiger charge is -2.19. The summed E-state index contributed by atoms with van der Waals surface area (Å²) in [6.07, 6.45) is 0. The zero-order chi connectivity index (χ0) is 17.9. The first-order chi connectivity index (χ1) is 11.3. The molecule has 1 unspecified atom stereocenters. The van der Waals surface area contributed by atoms with Gasteiger partial charge >= 0.3 is 5.97 Å². The van der Waals surface area contributed by atoms with Crippen molar-refractivity contribution in [3.8, 4) is 5.69 Å². The number of carbonyl (C=O) groups is 2. The highest BCUT2D eigenvalue weighted by Gasteiger charge is 2.20. The van der Waals surface area contributed by atoms with E-state index in [-0.39, 0.29) is 12.2 Å². The van der Waals surface area contributed by atoms with E-state index in [1.54, 1.807) is 0 Å². The minimum atomic E-state index is -1.01. The molecule has 1 atom stereocenters. The predicted octanol–water partition coefficient (Wildman–Crippen LogP) is 1.16. The van der Waals surface area contributed by atoms with Gasteiger partial charge < -0.3 is 10.0 Å². The number of aromatic nitrogens is 2. The maximum Gasteiger partial charge on any atom is 0.308 e. The standard InChI is InChI=1S/C16H16FN3O4/c1-10(16(23)24)9-19(2)15(22)13-7-8-14(21)20(18-13)12-5-3-11(17)4-6-12/h3-8,10H,9H2,1-2H3,(H,23,24). The molecular weight excluding hydrogens is 317 g/mol. The van der Waals surface area contributed by atoms with Crippen molar-refractivity contribution >= 4 is 11.9 Å². The highest BCUT2D eigenvalue weighted by atomic mass is 19.1. The Balaban J connectivity index is 2.30. The van der Waals surface area contributed by atoms with Crippen molar-refractivity contribution in [1.82, 2.24) is 14.7 Å². The first kappa shape index (κ1) is 17.3. The summed E-state index contributed by atoms with van der Waals surface area (Å²) in [6, 6.07) is 7.55. The number of aliphatic carboxylic acids is 1. The molecule has 0 saturated carbocycles. The Morgan fingerprint density at radius 3 is 2.46 bits per heavy atom. The molecule has 0 aliphatic heterocycles. The van der Waals surface area contributed by atoms with E-state index in [0.29, 0.717) is 5.69 Å². The van der Waals surface area contributed by atoms with Gasteiger partial charge in [0.05, 0.1) is 11.6 Å². The van der Waals surface area contributed by atoms with E-state index >= 15 is 0 Å². The summed E-state index contributed by atoms with van der Waals surface area (Å²) in [5.41, 5.74) is -0.170. The molecule has 2 aromatic rings. The SMILES string of the molecule is CC(CN(C)C(=O)c1ccc(=O)n(-c2ccc(F)cc2)n1)C(=O)O. The summed E-state index contributed by atoms with van der Waals surface area (Å²) >= 11 is 0. The lowest BCUT2D eigenvalue weighted by molar-refractivity contribution is -0.141. The zero-order valence-electron chi connectivity index (χ0n) is 13.1. The fourth-order valence-corrected chi connectivity index (χ4v) is 2.06. The van der Waals surface area contributed by atoms with E-state index in [1.165, 1.54) is 55.3 Å². The van der Waals surface area contributed by atoms with Gasteiger partial charge in [-0.15, -0.1) is 0 Å². The monoisotopic (exact) mass is 333 g/mol. The maximum absolute atomic E-state index is 13.0. The highest BCUT2D eigenvalue weighted by molar-refractivity contribution is 5.92. The summed E-state index contributed by atoms with van der Waals surface area (Å²) in [4.78, 5) is 36.4. The molecule has 1 aromatic heterocycles. The van der Waals surface area contributed by atoms with Crippen molar-refractivity contribution in [2.45, 2.75) is 6.92 Å². The minimum Gasteiger partial charge on any atom is -0.481 e. The number of hydrogen-bond acceptors (Lipinski definition) is 4. The van der Waals surface area contributed by atoms with Gasteiger partial charge in [-0.2, -0.15) is 9.78 Å². The molecule has 1 N–H and O–H groups in total. The number of carboxylic acid groups (broad SMARTS) is 1. The number of halogens is 1. The third-order valence-electron chi connectivity index (χ3n) is 3.41. The molecule has 8 heteroatoms. The van der Waals surface area contributed by atoms with E-state index < -0.39 is 29.2 Å². The van der Waals surface area contributed by atoms with Gasteiger partial charge in [-0.05, 0) is 30.3 Å². The molecule has 0 bridgehead atoms. The maximum atomic E-state index is 13.0. The lowest BCUT2D eigenvalue weighted by atomic mass is 10.1. The molecule has 0 fully saturated rings. The van der Waals surface area contributed by atoms with Gasteiger partial charge in [0, 0.05) is 19.7 Å². The van der Waals surface area contributed by atoms with Gasteiger partial charge in [0.15, 0.2) is 0 Å². The predicted molar refractivity (Wildman–Crippen MR) is 83.6 cm³/mol. The molecule has 0 aliphatic carbocycles. The largest absolute Gasteiger partial charge is 0.481 e. The lowest BCUT2D eigenvalue weighted by Crippen LogP contribution is -2.35.